The van der Waals surface area contributed by atoms with Crippen LogP contribution in [0.2, 0.25) is 0 Å². The summed E-state index contributed by atoms with van der Waals surface area (Å²) in [5.41, 5.74) is -0.626. The number of likely N-dealkylation sites (N-methyl/N-ethyl adjacent to an activating group) is 1. The molecule has 9 heteroatoms. The van der Waals surface area contributed by atoms with Crippen LogP contribution >= 0.6 is 0 Å². The fraction of sp³-hybridized carbons (Fsp3) is 0.471. The van der Waals surface area contributed by atoms with Crippen LogP contribution in [0.3, 0.4) is 0 Å². The Morgan fingerprint density at radius 1 is 0.767 bits per heavy atom. The molecule has 3 aromatic rings. The predicted octanol–water partition coefficient (Wildman–Crippen LogP) is 10.3. The van der Waals surface area contributed by atoms with Gasteiger partial charge in [-0.25, -0.2) is 4.39 Å². The lowest BCUT2D eigenvalue weighted by atomic mass is 9.81. The Morgan fingerprint density at radius 2 is 1.33 bits per heavy atom. The summed E-state index contributed by atoms with van der Waals surface area (Å²) in [4.78, 5) is 2.33. The minimum Gasteiger partial charge on any atom is -0.373 e. The van der Waals surface area contributed by atoms with Gasteiger partial charge in [-0.15, -0.1) is 0 Å². The van der Waals surface area contributed by atoms with Crippen LogP contribution in [0.25, 0.3) is 0 Å². The zero-order valence-corrected chi connectivity index (χ0v) is 25.2. The minimum atomic E-state index is -4.89. The van der Waals surface area contributed by atoms with Gasteiger partial charge in [0.2, 0.25) is 0 Å². The lowest BCUT2D eigenvalue weighted by Gasteiger charge is -2.32. The van der Waals surface area contributed by atoms with Gasteiger partial charge in [0.25, 0.3) is 0 Å². The molecule has 1 aliphatic carbocycles. The van der Waals surface area contributed by atoms with Crippen LogP contribution in [0.15, 0.2) is 72.8 Å². The third kappa shape index (κ3) is 12.3. The first kappa shape index (κ1) is 36.3. The average molecular weight is 614 g/mol. The van der Waals surface area contributed by atoms with E-state index < -0.39 is 23.5 Å². The Bertz CT molecular complexity index is 1160. The zero-order valence-electron chi connectivity index (χ0n) is 25.2. The van der Waals surface area contributed by atoms with Gasteiger partial charge in [0, 0.05) is 12.5 Å². The Hall–Kier alpha value is -2.91. The summed E-state index contributed by atoms with van der Waals surface area (Å²) in [7, 11) is 2.16. The zero-order chi connectivity index (χ0) is 32.0. The first-order chi connectivity index (χ1) is 20.4. The molecule has 0 amide bonds. The Morgan fingerprint density at radius 3 is 1.86 bits per heavy atom. The molecular weight excluding hydrogens is 571 g/mol. The Labute approximate surface area is 250 Å². The van der Waals surface area contributed by atoms with Crippen LogP contribution in [0, 0.1) is 5.82 Å². The summed E-state index contributed by atoms with van der Waals surface area (Å²) in [6, 6.07) is 18.0. The number of nitrogens with zero attached hydrogens (tertiary/aromatic N) is 1. The minimum absolute atomic E-state index is 0.0859. The van der Waals surface area contributed by atoms with Crippen molar-refractivity contribution in [2.24, 2.45) is 0 Å². The van der Waals surface area contributed by atoms with Gasteiger partial charge in [-0.05, 0) is 79.9 Å². The van der Waals surface area contributed by atoms with E-state index in [0.29, 0.717) is 18.6 Å². The Balaban J connectivity index is 0.000000385. The molecule has 0 heterocycles. The van der Waals surface area contributed by atoms with Crippen molar-refractivity contribution in [3.63, 3.8) is 0 Å². The average Bonchev–Trinajstić information content (AvgIpc) is 3.00. The Kier molecular flexibility index (Phi) is 14.7. The van der Waals surface area contributed by atoms with Crippen molar-refractivity contribution < 1.29 is 35.5 Å². The maximum absolute atomic E-state index is 13.2. The summed E-state index contributed by atoms with van der Waals surface area (Å²) >= 11 is 0. The number of rotatable bonds is 8. The van der Waals surface area contributed by atoms with Gasteiger partial charge in [-0.2, -0.15) is 26.3 Å². The molecule has 1 fully saturated rings. The first-order valence-electron chi connectivity index (χ1n) is 14.7. The van der Waals surface area contributed by atoms with E-state index in [4.69, 9.17) is 4.74 Å². The molecule has 1 aliphatic rings. The van der Waals surface area contributed by atoms with Crippen molar-refractivity contribution in [1.82, 2.24) is 4.90 Å². The second-order valence-electron chi connectivity index (χ2n) is 10.3. The quantitative estimate of drug-likeness (QED) is 0.235. The number of benzene rings is 3. The lowest BCUT2D eigenvalue weighted by Crippen LogP contribution is -2.26. The lowest BCUT2D eigenvalue weighted by molar-refractivity contribution is -0.143. The molecule has 1 saturated carbocycles. The maximum Gasteiger partial charge on any atom is 0.416 e. The molecule has 0 N–H and O–H groups in total. The van der Waals surface area contributed by atoms with Crippen molar-refractivity contribution >= 4 is 0 Å². The smallest absolute Gasteiger partial charge is 0.373 e. The molecule has 2 nitrogen and oxygen atoms in total. The van der Waals surface area contributed by atoms with E-state index in [-0.39, 0.29) is 36.1 Å². The molecule has 0 saturated heterocycles. The normalized spacial score (nSPS) is 17.0. The van der Waals surface area contributed by atoms with Gasteiger partial charge in [0.1, 0.15) is 5.82 Å². The SMILES string of the molecule is CC.CCN(C)CCc1ccccc1.Fc1ccc(C2CCCC[C@@H]2OCc2cc(C(F)(F)F)cc(C(F)(F)F)c2)cc1. The summed E-state index contributed by atoms with van der Waals surface area (Å²) in [6.45, 7) is 8.10. The molecule has 0 bridgehead atoms. The summed E-state index contributed by atoms with van der Waals surface area (Å²) in [6.07, 6.45) is -5.83. The van der Waals surface area contributed by atoms with Crippen molar-refractivity contribution in [2.45, 2.75) is 83.9 Å². The summed E-state index contributed by atoms with van der Waals surface area (Å²) in [5, 5.41) is 0. The van der Waals surface area contributed by atoms with E-state index in [1.54, 1.807) is 12.1 Å². The highest BCUT2D eigenvalue weighted by atomic mass is 19.4. The first-order valence-corrected chi connectivity index (χ1v) is 14.7. The molecule has 238 valence electrons. The maximum atomic E-state index is 13.2. The number of alkyl halides is 6. The standard InChI is InChI=1S/C21H19F7O.C11H17N.C2H6/c22-17-7-5-14(6-8-17)18-3-1-2-4-19(18)29-12-13-9-15(20(23,24)25)11-16(10-13)21(26,27)28;1-3-12(2)10-9-11-7-5-4-6-8-11;1-2/h5-11,18-19H,1-4,12H2;4-8H,3,9-10H2,1-2H3;1-2H3/t18?,19-;;/m0../s1. The second kappa shape index (κ2) is 17.4. The summed E-state index contributed by atoms with van der Waals surface area (Å²) < 4.78 is 97.0. The number of halogens is 7. The largest absolute Gasteiger partial charge is 0.416 e. The fourth-order valence-electron chi connectivity index (χ4n) is 4.82. The molecule has 0 aromatic heterocycles. The van der Waals surface area contributed by atoms with Crippen molar-refractivity contribution in [1.29, 1.82) is 0 Å². The van der Waals surface area contributed by atoms with Gasteiger partial charge >= 0.3 is 12.4 Å². The van der Waals surface area contributed by atoms with Crippen LogP contribution in [-0.2, 0) is 30.1 Å². The van der Waals surface area contributed by atoms with Crippen LogP contribution < -0.4 is 0 Å². The monoisotopic (exact) mass is 613 g/mol. The van der Waals surface area contributed by atoms with Gasteiger partial charge in [-0.3, -0.25) is 0 Å². The highest BCUT2D eigenvalue weighted by Gasteiger charge is 2.37. The molecule has 4 rings (SSSR count). The highest BCUT2D eigenvalue weighted by molar-refractivity contribution is 5.33. The molecule has 0 aliphatic heterocycles. The van der Waals surface area contributed by atoms with E-state index in [0.717, 1.165) is 44.3 Å². The van der Waals surface area contributed by atoms with Crippen LogP contribution in [0.1, 0.15) is 80.2 Å². The molecule has 3 aromatic carbocycles. The van der Waals surface area contributed by atoms with E-state index in [1.807, 2.05) is 13.8 Å². The van der Waals surface area contributed by atoms with E-state index in [1.165, 1.54) is 17.7 Å². The third-order valence-corrected chi connectivity index (χ3v) is 7.28. The van der Waals surface area contributed by atoms with Gasteiger partial charge < -0.3 is 9.64 Å². The van der Waals surface area contributed by atoms with E-state index in [2.05, 4.69) is 49.2 Å². The predicted molar refractivity (Wildman–Crippen MR) is 157 cm³/mol. The molecule has 0 spiro atoms. The van der Waals surface area contributed by atoms with E-state index >= 15 is 0 Å². The number of hydrogen-bond donors (Lipinski definition) is 0. The highest BCUT2D eigenvalue weighted by Crippen LogP contribution is 2.38. The molecular formula is C34H42F7NO. The van der Waals surface area contributed by atoms with Crippen LogP contribution in [0.5, 0.6) is 0 Å². The fourth-order valence-corrected chi connectivity index (χ4v) is 4.82. The third-order valence-electron chi connectivity index (χ3n) is 7.28. The topological polar surface area (TPSA) is 12.5 Å². The van der Waals surface area contributed by atoms with Crippen LogP contribution in [0.4, 0.5) is 30.7 Å². The number of hydrogen-bond acceptors (Lipinski definition) is 2. The van der Waals surface area contributed by atoms with Crippen molar-refractivity contribution in [3.05, 3.63) is 106 Å². The molecule has 0 radical (unpaired) electrons. The van der Waals surface area contributed by atoms with Gasteiger partial charge in [0.15, 0.2) is 0 Å². The molecule has 2 atom stereocenters. The van der Waals surface area contributed by atoms with Gasteiger partial charge in [0.05, 0.1) is 23.8 Å². The van der Waals surface area contributed by atoms with Gasteiger partial charge in [-0.1, -0.05) is 76.1 Å². The van der Waals surface area contributed by atoms with Crippen LogP contribution in [-0.4, -0.2) is 31.1 Å². The second-order valence-corrected chi connectivity index (χ2v) is 10.3. The van der Waals surface area contributed by atoms with E-state index in [9.17, 15) is 30.7 Å². The molecule has 43 heavy (non-hydrogen) atoms. The number of ether oxygens (including phenoxy) is 1. The van der Waals surface area contributed by atoms with Crippen molar-refractivity contribution in [2.75, 3.05) is 20.1 Å². The molecule has 1 unspecified atom stereocenters. The van der Waals surface area contributed by atoms with Crippen molar-refractivity contribution in [3.8, 4) is 0 Å². The summed E-state index contributed by atoms with van der Waals surface area (Å²) in [5.74, 6) is -0.470.